The van der Waals surface area contributed by atoms with Crippen LogP contribution in [0, 0.1) is 10.8 Å². The number of aliphatic hydroxyl groups is 4. The number of sulfonamides is 1. The molecule has 1 aromatic heterocycles. The van der Waals surface area contributed by atoms with Crippen molar-refractivity contribution in [2.24, 2.45) is 0 Å². The number of nitrogen functional groups attached to an aromatic ring is 1. The van der Waals surface area contributed by atoms with E-state index < -0.39 is 47.3 Å². The van der Waals surface area contributed by atoms with Crippen LogP contribution in [0.2, 0.25) is 0 Å². The van der Waals surface area contributed by atoms with E-state index in [9.17, 15) is 28.8 Å². The second kappa shape index (κ2) is 15.2. The van der Waals surface area contributed by atoms with Crippen molar-refractivity contribution in [3.05, 3.63) is 53.6 Å². The number of aliphatic hydroxyl groups excluding tert-OH is 4. The Balaban J connectivity index is 1.68. The van der Waals surface area contributed by atoms with Gasteiger partial charge in [-0.2, -0.15) is 4.31 Å². The van der Waals surface area contributed by atoms with E-state index in [0.29, 0.717) is 42.7 Å². The van der Waals surface area contributed by atoms with Crippen LogP contribution in [0.3, 0.4) is 0 Å². The second-order valence-electron chi connectivity index (χ2n) is 11.0. The van der Waals surface area contributed by atoms with E-state index >= 15 is 0 Å². The lowest BCUT2D eigenvalue weighted by molar-refractivity contribution is -0.277. The molecule has 1 aliphatic rings. The number of nitrogens with zero attached hydrogens (tertiary/aromatic N) is 3. The molecule has 254 valence electrons. The van der Waals surface area contributed by atoms with Crippen LogP contribution in [-0.2, 0) is 14.8 Å². The van der Waals surface area contributed by atoms with Crippen LogP contribution >= 0.6 is 0 Å². The lowest BCUT2D eigenvalue weighted by atomic mass is 9.99. The summed E-state index contributed by atoms with van der Waals surface area (Å²) in [6, 6.07) is 10.6. The van der Waals surface area contributed by atoms with Gasteiger partial charge in [-0.05, 0) is 62.2 Å². The molecular weight excluding hydrogens is 630 g/mol. The number of hydrogen-bond donors (Lipinski definition) is 8. The zero-order chi connectivity index (χ0) is 34.5. The molecule has 2 aromatic carbocycles. The lowest BCUT2D eigenvalue weighted by Crippen LogP contribution is -2.60. The van der Waals surface area contributed by atoms with Gasteiger partial charge >= 0.3 is 0 Å². The minimum atomic E-state index is -3.69. The van der Waals surface area contributed by atoms with Crippen molar-refractivity contribution in [1.82, 2.24) is 14.3 Å². The molecule has 0 saturated carbocycles. The maximum Gasteiger partial charge on any atom is 0.243 e. The lowest BCUT2D eigenvalue weighted by Gasteiger charge is -2.39. The molecule has 1 aliphatic heterocycles. The summed E-state index contributed by atoms with van der Waals surface area (Å²) in [5.74, 6) is 0.304. The van der Waals surface area contributed by atoms with E-state index in [2.05, 4.69) is 15.3 Å². The topological polar surface area (TPSA) is 248 Å². The number of rotatable bonds is 14. The summed E-state index contributed by atoms with van der Waals surface area (Å²) in [7, 11) is -3.69. The van der Waals surface area contributed by atoms with E-state index in [1.54, 1.807) is 12.1 Å². The summed E-state index contributed by atoms with van der Waals surface area (Å²) >= 11 is 0. The normalized spacial score (nSPS) is 21.4. The highest BCUT2D eigenvalue weighted by Crippen LogP contribution is 2.32. The quantitative estimate of drug-likeness (QED) is 0.114. The molecule has 0 bridgehead atoms. The zero-order valence-corrected chi connectivity index (χ0v) is 27.1. The highest BCUT2D eigenvalue weighted by molar-refractivity contribution is 7.89. The summed E-state index contributed by atoms with van der Waals surface area (Å²) in [5.41, 5.74) is 7.72. The average molecular weight is 672 g/mol. The first-order chi connectivity index (χ1) is 22.4. The minimum absolute atomic E-state index is 0.0323. The third-order valence-electron chi connectivity index (χ3n) is 7.53. The standard InChI is InChI=1S/C31H41N7O8S/c1-4-12-38(13-5-2)47(43,44)21-10-7-19(8-11-21)35-30-24(17(3)33)28(34)36-29(37-30)22-14-20(9-6-18(22)15-32)45-31-27(42)26(41)25(40)23(16-39)46-31/h6-11,14-15,23,25-27,31-33,39-42H,4-5,12-13,16H2,1-3H3,(H3,34,35,36,37). The number of nitrogens with one attached hydrogen (secondary N) is 3. The largest absolute Gasteiger partial charge is 0.462 e. The monoisotopic (exact) mass is 671 g/mol. The number of benzene rings is 2. The van der Waals surface area contributed by atoms with Gasteiger partial charge in [0.15, 0.2) is 5.82 Å². The molecule has 5 unspecified atom stereocenters. The number of nitrogens with two attached hydrogens (primary N) is 1. The van der Waals surface area contributed by atoms with Crippen molar-refractivity contribution in [2.45, 2.75) is 69.2 Å². The van der Waals surface area contributed by atoms with Gasteiger partial charge in [-0.3, -0.25) is 0 Å². The Hall–Kier alpha value is -4.03. The summed E-state index contributed by atoms with van der Waals surface area (Å²) in [6.07, 6.45) is -5.02. The fraction of sp³-hybridized carbons (Fsp3) is 0.419. The first kappa shape index (κ1) is 35.8. The maximum atomic E-state index is 13.2. The zero-order valence-electron chi connectivity index (χ0n) is 26.3. The van der Waals surface area contributed by atoms with Gasteiger partial charge in [0.25, 0.3) is 0 Å². The van der Waals surface area contributed by atoms with Gasteiger partial charge in [-0.15, -0.1) is 0 Å². The Morgan fingerprint density at radius 1 is 1.06 bits per heavy atom. The van der Waals surface area contributed by atoms with E-state index in [-0.39, 0.29) is 39.4 Å². The number of ether oxygens (including phenoxy) is 2. The van der Waals surface area contributed by atoms with Gasteiger partial charge in [-0.25, -0.2) is 18.4 Å². The van der Waals surface area contributed by atoms with Crippen molar-refractivity contribution < 1.29 is 38.3 Å². The third-order valence-corrected chi connectivity index (χ3v) is 9.45. The Bertz CT molecular complexity index is 1680. The molecule has 15 nitrogen and oxygen atoms in total. The first-order valence-corrected chi connectivity index (χ1v) is 16.5. The van der Waals surface area contributed by atoms with Crippen LogP contribution in [0.25, 0.3) is 11.4 Å². The molecule has 4 rings (SSSR count). The van der Waals surface area contributed by atoms with Crippen LogP contribution in [0.1, 0.15) is 44.7 Å². The van der Waals surface area contributed by atoms with E-state index in [0.717, 1.165) is 6.21 Å². The van der Waals surface area contributed by atoms with Gasteiger partial charge < -0.3 is 51.8 Å². The molecule has 2 heterocycles. The summed E-state index contributed by atoms with van der Waals surface area (Å²) in [6.45, 7) is 5.55. The molecule has 0 aliphatic carbocycles. The predicted molar refractivity (Wildman–Crippen MR) is 176 cm³/mol. The number of anilines is 3. The molecular formula is C31H41N7O8S. The molecule has 9 N–H and O–H groups in total. The molecule has 5 atom stereocenters. The van der Waals surface area contributed by atoms with Crippen molar-refractivity contribution >= 4 is 39.3 Å². The fourth-order valence-corrected chi connectivity index (χ4v) is 6.76. The van der Waals surface area contributed by atoms with E-state index in [1.807, 2.05) is 13.8 Å². The molecule has 0 spiro atoms. The van der Waals surface area contributed by atoms with Gasteiger partial charge in [0.1, 0.15) is 41.8 Å². The van der Waals surface area contributed by atoms with E-state index in [1.165, 1.54) is 41.6 Å². The fourth-order valence-electron chi connectivity index (χ4n) is 5.13. The van der Waals surface area contributed by atoms with Crippen LogP contribution < -0.4 is 15.8 Å². The Morgan fingerprint density at radius 2 is 1.72 bits per heavy atom. The van der Waals surface area contributed by atoms with Gasteiger partial charge in [0.2, 0.25) is 16.3 Å². The van der Waals surface area contributed by atoms with Gasteiger partial charge in [-0.1, -0.05) is 13.8 Å². The molecule has 16 heteroatoms. The van der Waals surface area contributed by atoms with Crippen LogP contribution in [0.15, 0.2) is 47.4 Å². The third kappa shape index (κ3) is 7.76. The summed E-state index contributed by atoms with van der Waals surface area (Å²) in [4.78, 5) is 9.14. The first-order valence-electron chi connectivity index (χ1n) is 15.1. The summed E-state index contributed by atoms with van der Waals surface area (Å²) in [5, 5.41) is 59.5. The van der Waals surface area contributed by atoms with Gasteiger partial charge in [0.05, 0.1) is 17.1 Å². The van der Waals surface area contributed by atoms with Crippen LogP contribution in [0.4, 0.5) is 17.3 Å². The molecule has 1 fully saturated rings. The summed E-state index contributed by atoms with van der Waals surface area (Å²) < 4.78 is 39.1. The van der Waals surface area contributed by atoms with Crippen LogP contribution in [-0.4, -0.2) is 105 Å². The average Bonchev–Trinajstić information content (AvgIpc) is 3.04. The molecule has 0 amide bonds. The maximum absolute atomic E-state index is 13.2. The van der Waals surface area contributed by atoms with E-state index in [4.69, 9.17) is 26.0 Å². The highest BCUT2D eigenvalue weighted by atomic mass is 32.2. The minimum Gasteiger partial charge on any atom is -0.462 e. The van der Waals surface area contributed by atoms with Crippen molar-refractivity contribution in [1.29, 1.82) is 10.8 Å². The molecule has 3 aromatic rings. The molecule has 0 radical (unpaired) electrons. The number of hydrogen-bond acceptors (Lipinski definition) is 14. The number of aromatic nitrogens is 2. The smallest absolute Gasteiger partial charge is 0.243 e. The van der Waals surface area contributed by atoms with Crippen molar-refractivity contribution in [3.8, 4) is 17.1 Å². The van der Waals surface area contributed by atoms with Crippen molar-refractivity contribution in [2.75, 3.05) is 30.7 Å². The highest BCUT2D eigenvalue weighted by Gasteiger charge is 2.44. The Kier molecular flexibility index (Phi) is 11.6. The molecule has 1 saturated heterocycles. The SMILES string of the molecule is CCCN(CCC)S(=O)(=O)c1ccc(Nc2nc(-c3cc(OC4OC(CO)C(O)C(O)C4O)ccc3C=N)nc(N)c2C(C)=N)cc1. The van der Waals surface area contributed by atoms with Gasteiger partial charge in [0, 0.05) is 41.8 Å². The predicted octanol–water partition coefficient (Wildman–Crippen LogP) is 1.84. The Morgan fingerprint density at radius 3 is 2.30 bits per heavy atom. The van der Waals surface area contributed by atoms with Crippen molar-refractivity contribution in [3.63, 3.8) is 0 Å². The molecule has 47 heavy (non-hydrogen) atoms. The second-order valence-corrected chi connectivity index (χ2v) is 13.0. The van der Waals surface area contributed by atoms with Crippen LogP contribution in [0.5, 0.6) is 5.75 Å². The Labute approximate surface area is 273 Å².